The van der Waals surface area contributed by atoms with Crippen LogP contribution in [0.5, 0.6) is 0 Å². The molecule has 1 aromatic carbocycles. The number of urea groups is 1. The minimum Gasteiger partial charge on any atom is -0.335 e. The summed E-state index contributed by atoms with van der Waals surface area (Å²) in [7, 11) is 0. The second-order valence-electron chi connectivity index (χ2n) is 6.84. The Balaban J connectivity index is 1.55. The van der Waals surface area contributed by atoms with Crippen molar-refractivity contribution < 1.29 is 9.59 Å². The van der Waals surface area contributed by atoms with Crippen molar-refractivity contribution in [2.45, 2.75) is 44.2 Å². The molecule has 3 amide bonds. The van der Waals surface area contributed by atoms with E-state index in [-0.39, 0.29) is 24.5 Å². The molecule has 1 aliphatic rings. The van der Waals surface area contributed by atoms with Gasteiger partial charge >= 0.3 is 6.03 Å². The van der Waals surface area contributed by atoms with Gasteiger partial charge in [-0.3, -0.25) is 20.4 Å². The van der Waals surface area contributed by atoms with Crippen LogP contribution in [-0.4, -0.2) is 29.5 Å². The number of benzene rings is 1. The van der Waals surface area contributed by atoms with Crippen molar-refractivity contribution in [2.24, 2.45) is 0 Å². The number of nitrogens with zero attached hydrogens (tertiary/aromatic N) is 1. The van der Waals surface area contributed by atoms with Crippen LogP contribution in [-0.2, 0) is 4.79 Å². The summed E-state index contributed by atoms with van der Waals surface area (Å²) in [5, 5.41) is 8.51. The Bertz CT molecular complexity index is 691. The molecule has 1 heterocycles. The zero-order valence-corrected chi connectivity index (χ0v) is 15.4. The summed E-state index contributed by atoms with van der Waals surface area (Å²) < 4.78 is 0. The Morgan fingerprint density at radius 3 is 2.44 bits per heavy atom. The van der Waals surface area contributed by atoms with E-state index < -0.39 is 6.03 Å². The van der Waals surface area contributed by atoms with Crippen LogP contribution in [0.1, 0.15) is 49.4 Å². The van der Waals surface area contributed by atoms with Gasteiger partial charge < -0.3 is 5.32 Å². The monoisotopic (exact) mass is 366 g/mol. The smallest absolute Gasteiger partial charge is 0.321 e. The highest BCUT2D eigenvalue weighted by Gasteiger charge is 2.19. The molecule has 6 nitrogen and oxygen atoms in total. The summed E-state index contributed by atoms with van der Waals surface area (Å²) in [5.74, 6) is -0.361. The fraction of sp³-hybridized carbons (Fsp3) is 0.381. The van der Waals surface area contributed by atoms with Crippen LogP contribution in [0.4, 0.5) is 4.79 Å². The molecule has 1 fully saturated rings. The Hall–Kier alpha value is -2.73. The van der Waals surface area contributed by atoms with Gasteiger partial charge in [0.1, 0.15) is 0 Å². The first-order valence-corrected chi connectivity index (χ1v) is 9.52. The number of imide groups is 1. The van der Waals surface area contributed by atoms with E-state index >= 15 is 0 Å². The number of rotatable bonds is 6. The second kappa shape index (κ2) is 9.83. The number of hydrogen-bond donors (Lipinski definition) is 3. The van der Waals surface area contributed by atoms with Crippen LogP contribution in [0.2, 0.25) is 0 Å². The highest BCUT2D eigenvalue weighted by atomic mass is 16.2. The largest absolute Gasteiger partial charge is 0.335 e. The molecule has 142 valence electrons. The highest BCUT2D eigenvalue weighted by molar-refractivity contribution is 5.95. The molecule has 3 rings (SSSR count). The van der Waals surface area contributed by atoms with Crippen molar-refractivity contribution in [2.75, 3.05) is 6.54 Å². The van der Waals surface area contributed by atoms with Crippen LogP contribution < -0.4 is 16.0 Å². The van der Waals surface area contributed by atoms with E-state index in [1.165, 1.54) is 6.42 Å². The number of carbonyl (C=O) groups is 2. The Morgan fingerprint density at radius 1 is 1.00 bits per heavy atom. The van der Waals surface area contributed by atoms with Crippen LogP contribution in [0.25, 0.3) is 0 Å². The molecule has 1 aliphatic carbocycles. The first-order chi connectivity index (χ1) is 13.2. The van der Waals surface area contributed by atoms with Crippen LogP contribution in [0.3, 0.4) is 0 Å². The van der Waals surface area contributed by atoms with E-state index in [1.54, 1.807) is 6.20 Å². The van der Waals surface area contributed by atoms with E-state index in [9.17, 15) is 9.59 Å². The van der Waals surface area contributed by atoms with Crippen molar-refractivity contribution >= 4 is 11.9 Å². The summed E-state index contributed by atoms with van der Waals surface area (Å²) in [5.41, 5.74) is 1.83. The third-order valence-electron chi connectivity index (χ3n) is 4.78. The molecule has 27 heavy (non-hydrogen) atoms. The first kappa shape index (κ1) is 19.0. The Kier molecular flexibility index (Phi) is 6.93. The number of amides is 3. The maximum absolute atomic E-state index is 12.2. The standard InChI is InChI=1S/C21H26N4O2/c26-19(25-21(27)24-17-11-5-2-6-12-17)15-23-20(16-9-3-1-4-10-16)18-13-7-8-14-22-18/h1,3-4,7-10,13-14,17,20,23H,2,5-6,11-12,15H2,(H2,24,25,26,27). The van der Waals surface area contributed by atoms with Crippen molar-refractivity contribution in [3.05, 3.63) is 66.0 Å². The van der Waals surface area contributed by atoms with Gasteiger partial charge in [0.2, 0.25) is 5.91 Å². The summed E-state index contributed by atoms with van der Waals surface area (Å²) in [6.07, 6.45) is 7.17. The number of aromatic nitrogens is 1. The molecule has 1 aromatic heterocycles. The fourth-order valence-electron chi connectivity index (χ4n) is 3.42. The van der Waals surface area contributed by atoms with E-state index in [1.807, 2.05) is 48.5 Å². The van der Waals surface area contributed by atoms with Gasteiger partial charge in [0.15, 0.2) is 0 Å². The van der Waals surface area contributed by atoms with Gasteiger partial charge in [0.25, 0.3) is 0 Å². The molecule has 0 saturated heterocycles. The highest BCUT2D eigenvalue weighted by Crippen LogP contribution is 2.19. The molecule has 3 N–H and O–H groups in total. The molecule has 0 radical (unpaired) electrons. The maximum atomic E-state index is 12.2. The minimum absolute atomic E-state index is 0.0220. The van der Waals surface area contributed by atoms with Gasteiger partial charge in [0, 0.05) is 12.2 Å². The Morgan fingerprint density at radius 2 is 1.74 bits per heavy atom. The lowest BCUT2D eigenvalue weighted by atomic mass is 9.96. The molecule has 0 bridgehead atoms. The second-order valence-corrected chi connectivity index (χ2v) is 6.84. The van der Waals surface area contributed by atoms with Gasteiger partial charge in [-0.2, -0.15) is 0 Å². The lowest BCUT2D eigenvalue weighted by molar-refractivity contribution is -0.119. The average molecular weight is 366 g/mol. The zero-order chi connectivity index (χ0) is 18.9. The number of hydrogen-bond acceptors (Lipinski definition) is 4. The lowest BCUT2D eigenvalue weighted by Crippen LogP contribution is -2.47. The van der Waals surface area contributed by atoms with Crippen molar-refractivity contribution in [3.8, 4) is 0 Å². The predicted octanol–water partition coefficient (Wildman–Crippen LogP) is 2.92. The van der Waals surface area contributed by atoms with Crippen molar-refractivity contribution in [1.29, 1.82) is 0 Å². The average Bonchev–Trinajstić information content (AvgIpc) is 2.70. The zero-order valence-electron chi connectivity index (χ0n) is 15.4. The maximum Gasteiger partial charge on any atom is 0.321 e. The summed E-state index contributed by atoms with van der Waals surface area (Å²) in [4.78, 5) is 28.6. The van der Waals surface area contributed by atoms with Crippen LogP contribution in [0, 0.1) is 0 Å². The van der Waals surface area contributed by atoms with E-state index in [4.69, 9.17) is 0 Å². The fourth-order valence-corrected chi connectivity index (χ4v) is 3.42. The van der Waals surface area contributed by atoms with E-state index in [0.29, 0.717) is 0 Å². The van der Waals surface area contributed by atoms with E-state index in [0.717, 1.165) is 36.9 Å². The minimum atomic E-state index is -0.414. The lowest BCUT2D eigenvalue weighted by Gasteiger charge is -2.23. The number of pyridine rings is 1. The first-order valence-electron chi connectivity index (χ1n) is 9.52. The summed E-state index contributed by atoms with van der Waals surface area (Å²) in [6, 6.07) is 15.0. The van der Waals surface area contributed by atoms with Crippen LogP contribution >= 0.6 is 0 Å². The molecule has 1 atom stereocenters. The van der Waals surface area contributed by atoms with E-state index in [2.05, 4.69) is 20.9 Å². The van der Waals surface area contributed by atoms with Gasteiger partial charge in [0.05, 0.1) is 18.3 Å². The molecule has 1 saturated carbocycles. The summed E-state index contributed by atoms with van der Waals surface area (Å²) in [6.45, 7) is 0.0220. The van der Waals surface area contributed by atoms with Crippen molar-refractivity contribution in [1.82, 2.24) is 20.9 Å². The van der Waals surface area contributed by atoms with Gasteiger partial charge in [-0.15, -0.1) is 0 Å². The topological polar surface area (TPSA) is 83.1 Å². The molecule has 0 spiro atoms. The molecule has 0 aliphatic heterocycles. The third-order valence-corrected chi connectivity index (χ3v) is 4.78. The van der Waals surface area contributed by atoms with Gasteiger partial charge in [-0.05, 0) is 30.5 Å². The number of carbonyl (C=O) groups excluding carboxylic acids is 2. The molecule has 2 aromatic rings. The third kappa shape index (κ3) is 5.89. The predicted molar refractivity (Wildman–Crippen MR) is 104 cm³/mol. The molecular formula is C21H26N4O2. The number of nitrogens with one attached hydrogen (secondary N) is 3. The quantitative estimate of drug-likeness (QED) is 0.734. The summed E-state index contributed by atoms with van der Waals surface area (Å²) >= 11 is 0. The SMILES string of the molecule is O=C(CNC(c1ccccc1)c1ccccn1)NC(=O)NC1CCCCC1. The molecule has 1 unspecified atom stereocenters. The molecular weight excluding hydrogens is 340 g/mol. The van der Waals surface area contributed by atoms with Crippen LogP contribution in [0.15, 0.2) is 54.7 Å². The normalized spacial score (nSPS) is 15.7. The van der Waals surface area contributed by atoms with Gasteiger partial charge in [-0.25, -0.2) is 4.79 Å². The van der Waals surface area contributed by atoms with Gasteiger partial charge in [-0.1, -0.05) is 55.7 Å². The Labute approximate surface area is 159 Å². The van der Waals surface area contributed by atoms with Crippen molar-refractivity contribution in [3.63, 3.8) is 0 Å². The molecule has 6 heteroatoms.